The number of carbonyl (C=O) groups is 1. The Morgan fingerprint density at radius 2 is 2.19 bits per heavy atom. The van der Waals surface area contributed by atoms with Crippen molar-refractivity contribution in [3.8, 4) is 0 Å². The first kappa shape index (κ1) is 17.4. The zero-order valence-corrected chi connectivity index (χ0v) is 17.2. The molecule has 0 bridgehead atoms. The lowest BCUT2D eigenvalue weighted by atomic mass is 9.89. The summed E-state index contributed by atoms with van der Waals surface area (Å²) in [5.41, 5.74) is 2.34. The van der Waals surface area contributed by atoms with Crippen LogP contribution in [-0.2, 0) is 22.4 Å². The van der Waals surface area contributed by atoms with E-state index in [1.807, 2.05) is 18.3 Å². The minimum Gasteiger partial charge on any atom is -0.465 e. The number of aryl methyl sites for hydroxylation is 1. The zero-order chi connectivity index (χ0) is 18.5. The fourth-order valence-electron chi connectivity index (χ4n) is 3.87. The van der Waals surface area contributed by atoms with Gasteiger partial charge in [-0.3, -0.25) is 9.20 Å². The largest absolute Gasteiger partial charge is 0.465 e. The van der Waals surface area contributed by atoms with Crippen LogP contribution in [0.4, 0.5) is 0 Å². The number of aromatic nitrogens is 4. The first-order chi connectivity index (χ1) is 13.2. The van der Waals surface area contributed by atoms with Crippen molar-refractivity contribution in [2.75, 3.05) is 12.4 Å². The second-order valence-corrected chi connectivity index (χ2v) is 9.54. The van der Waals surface area contributed by atoms with Crippen LogP contribution in [0.2, 0.25) is 0 Å². The van der Waals surface area contributed by atoms with Gasteiger partial charge in [-0.15, -0.1) is 21.5 Å². The predicted molar refractivity (Wildman–Crippen MR) is 107 cm³/mol. The van der Waals surface area contributed by atoms with Crippen LogP contribution < -0.4 is 0 Å². The number of ether oxygens (including phenoxy) is 1. The van der Waals surface area contributed by atoms with Crippen LogP contribution in [0.1, 0.15) is 55.3 Å². The van der Waals surface area contributed by atoms with Gasteiger partial charge in [0.15, 0.2) is 10.8 Å². The Hall–Kier alpha value is -1.67. The van der Waals surface area contributed by atoms with Crippen LogP contribution in [0.5, 0.6) is 0 Å². The van der Waals surface area contributed by atoms with Crippen molar-refractivity contribution in [3.63, 3.8) is 0 Å². The topological polar surface area (TPSA) is 69.4 Å². The lowest BCUT2D eigenvalue weighted by Gasteiger charge is -2.17. The van der Waals surface area contributed by atoms with E-state index in [2.05, 4.69) is 21.5 Å². The molecule has 27 heavy (non-hydrogen) atoms. The van der Waals surface area contributed by atoms with Gasteiger partial charge in [-0.05, 0) is 50.5 Å². The quantitative estimate of drug-likeness (QED) is 0.475. The minimum atomic E-state index is -0.219. The van der Waals surface area contributed by atoms with Gasteiger partial charge < -0.3 is 4.74 Å². The Bertz CT molecular complexity index is 1040. The lowest BCUT2D eigenvalue weighted by Crippen LogP contribution is -2.09. The number of carbonyl (C=O) groups excluding carboxylic acids is 1. The van der Waals surface area contributed by atoms with Crippen molar-refractivity contribution >= 4 is 44.9 Å². The van der Waals surface area contributed by atoms with Crippen molar-refractivity contribution in [1.82, 2.24) is 19.6 Å². The van der Waals surface area contributed by atoms with Crippen molar-refractivity contribution in [1.29, 1.82) is 0 Å². The molecule has 0 spiro atoms. The van der Waals surface area contributed by atoms with E-state index in [9.17, 15) is 4.79 Å². The minimum absolute atomic E-state index is 0.219. The molecule has 5 rings (SSSR count). The standard InChI is InChI=1S/C19H22N4O2S2/c1-3-25-14(24)9-26-19-22-21-17-15-12-7-4-10(2)8-13(12)27-18(15)20-16(23(17)19)11-5-6-11/h10-11H,3-9H2,1-2H3. The van der Waals surface area contributed by atoms with E-state index in [0.717, 1.165) is 53.1 Å². The number of rotatable bonds is 5. The summed E-state index contributed by atoms with van der Waals surface area (Å²) in [6, 6.07) is 0. The van der Waals surface area contributed by atoms with Crippen LogP contribution in [0.15, 0.2) is 5.16 Å². The molecule has 2 aliphatic rings. The first-order valence-corrected chi connectivity index (χ1v) is 11.4. The van der Waals surface area contributed by atoms with Gasteiger partial charge in [-0.2, -0.15) is 0 Å². The van der Waals surface area contributed by atoms with Gasteiger partial charge in [0, 0.05) is 10.8 Å². The average molecular weight is 403 g/mol. The molecule has 1 fully saturated rings. The Balaban J connectivity index is 1.63. The highest BCUT2D eigenvalue weighted by Gasteiger charge is 2.32. The summed E-state index contributed by atoms with van der Waals surface area (Å²) >= 11 is 3.23. The lowest BCUT2D eigenvalue weighted by molar-refractivity contribution is -0.139. The maximum absolute atomic E-state index is 11.8. The van der Waals surface area contributed by atoms with Crippen LogP contribution in [0.3, 0.4) is 0 Å². The molecule has 0 saturated heterocycles. The number of thioether (sulfide) groups is 1. The normalized spacial score (nSPS) is 19.6. The molecule has 0 N–H and O–H groups in total. The van der Waals surface area contributed by atoms with E-state index in [4.69, 9.17) is 9.72 Å². The van der Waals surface area contributed by atoms with Crippen LogP contribution in [0, 0.1) is 5.92 Å². The fraction of sp³-hybridized carbons (Fsp3) is 0.579. The number of thiophene rings is 1. The van der Waals surface area contributed by atoms with Crippen molar-refractivity contribution in [2.24, 2.45) is 5.92 Å². The van der Waals surface area contributed by atoms with E-state index in [0.29, 0.717) is 12.5 Å². The van der Waals surface area contributed by atoms with Gasteiger partial charge in [0.05, 0.1) is 17.7 Å². The molecular formula is C19H22N4O2S2. The van der Waals surface area contributed by atoms with Gasteiger partial charge in [0.25, 0.3) is 0 Å². The maximum atomic E-state index is 11.8. The number of hydrogen-bond donors (Lipinski definition) is 0. The summed E-state index contributed by atoms with van der Waals surface area (Å²) in [5, 5.41) is 10.9. The maximum Gasteiger partial charge on any atom is 0.316 e. The second kappa shape index (κ2) is 6.74. The van der Waals surface area contributed by atoms with Gasteiger partial charge in [0.2, 0.25) is 0 Å². The number of hydrogen-bond acceptors (Lipinski definition) is 7. The molecule has 0 radical (unpaired) electrons. The van der Waals surface area contributed by atoms with E-state index in [1.165, 1.54) is 34.0 Å². The summed E-state index contributed by atoms with van der Waals surface area (Å²) < 4.78 is 7.16. The SMILES string of the molecule is CCOC(=O)CSc1nnc2c3c4c(sc3nc(C3CC3)n12)CC(C)CC4. The molecular weight excluding hydrogens is 380 g/mol. The third-order valence-corrected chi connectivity index (χ3v) is 7.41. The second-order valence-electron chi connectivity index (χ2n) is 7.51. The van der Waals surface area contributed by atoms with Gasteiger partial charge in [0.1, 0.15) is 10.7 Å². The number of fused-ring (bicyclic) bond motifs is 5. The third-order valence-electron chi connectivity index (χ3n) is 5.36. The molecule has 0 amide bonds. The van der Waals surface area contributed by atoms with E-state index in [-0.39, 0.29) is 11.7 Å². The Morgan fingerprint density at radius 1 is 1.33 bits per heavy atom. The molecule has 0 aromatic carbocycles. The molecule has 3 heterocycles. The monoisotopic (exact) mass is 402 g/mol. The molecule has 1 atom stereocenters. The van der Waals surface area contributed by atoms with Gasteiger partial charge >= 0.3 is 5.97 Å². The molecule has 3 aromatic heterocycles. The fourth-order valence-corrected chi connectivity index (χ4v) is 6.00. The van der Waals surface area contributed by atoms with Crippen molar-refractivity contribution in [2.45, 2.75) is 57.0 Å². The summed E-state index contributed by atoms with van der Waals surface area (Å²) in [6.45, 7) is 4.55. The van der Waals surface area contributed by atoms with Crippen molar-refractivity contribution in [3.05, 3.63) is 16.3 Å². The summed E-state index contributed by atoms with van der Waals surface area (Å²) in [4.78, 5) is 19.4. The predicted octanol–water partition coefficient (Wildman–Crippen LogP) is 4.00. The Labute approximate surface area is 165 Å². The first-order valence-electron chi connectivity index (χ1n) is 9.63. The molecule has 1 saturated carbocycles. The van der Waals surface area contributed by atoms with E-state index in [1.54, 1.807) is 0 Å². The molecule has 6 nitrogen and oxygen atoms in total. The summed E-state index contributed by atoms with van der Waals surface area (Å²) in [5.74, 6) is 2.30. The summed E-state index contributed by atoms with van der Waals surface area (Å²) in [7, 11) is 0. The zero-order valence-electron chi connectivity index (χ0n) is 15.5. The smallest absolute Gasteiger partial charge is 0.316 e. The highest BCUT2D eigenvalue weighted by Crippen LogP contribution is 2.44. The average Bonchev–Trinajstić information content (AvgIpc) is 3.30. The van der Waals surface area contributed by atoms with Crippen LogP contribution in [0.25, 0.3) is 15.9 Å². The highest BCUT2D eigenvalue weighted by atomic mass is 32.2. The Morgan fingerprint density at radius 3 is 2.96 bits per heavy atom. The summed E-state index contributed by atoms with van der Waals surface area (Å²) in [6.07, 6.45) is 5.77. The molecule has 8 heteroatoms. The van der Waals surface area contributed by atoms with Gasteiger partial charge in [-0.1, -0.05) is 18.7 Å². The number of nitrogens with zero attached hydrogens (tertiary/aromatic N) is 4. The number of esters is 1. The third kappa shape index (κ3) is 3.02. The van der Waals surface area contributed by atoms with Crippen LogP contribution >= 0.6 is 23.1 Å². The van der Waals surface area contributed by atoms with Crippen LogP contribution in [-0.4, -0.2) is 37.9 Å². The molecule has 3 aromatic rings. The van der Waals surface area contributed by atoms with Crippen molar-refractivity contribution < 1.29 is 9.53 Å². The van der Waals surface area contributed by atoms with E-state index >= 15 is 0 Å². The highest BCUT2D eigenvalue weighted by molar-refractivity contribution is 7.99. The molecule has 1 unspecified atom stereocenters. The van der Waals surface area contributed by atoms with Gasteiger partial charge in [-0.25, -0.2) is 4.98 Å². The molecule has 0 aliphatic heterocycles. The molecule has 2 aliphatic carbocycles. The van der Waals surface area contributed by atoms with E-state index < -0.39 is 0 Å². The molecule has 142 valence electrons. The Kier molecular flexibility index (Phi) is 4.35.